The Bertz CT molecular complexity index is 865. The number of carbonyl (C=O) groups is 2. The molecule has 1 fully saturated rings. The zero-order chi connectivity index (χ0) is 19.4. The van der Waals surface area contributed by atoms with Gasteiger partial charge in [0.2, 0.25) is 11.8 Å². The second-order valence-corrected chi connectivity index (χ2v) is 6.78. The van der Waals surface area contributed by atoms with E-state index in [9.17, 15) is 9.59 Å². The van der Waals surface area contributed by atoms with Gasteiger partial charge < -0.3 is 20.1 Å². The number of hydrogen-bond acceptors (Lipinski definition) is 4. The normalized spacial score (nSPS) is 14.2. The van der Waals surface area contributed by atoms with Gasteiger partial charge in [0.25, 0.3) is 0 Å². The lowest BCUT2D eigenvalue weighted by molar-refractivity contribution is -0.134. The van der Waals surface area contributed by atoms with Gasteiger partial charge in [-0.3, -0.25) is 9.59 Å². The lowest BCUT2D eigenvalue weighted by Crippen LogP contribution is -2.39. The molecule has 1 saturated carbocycles. The van der Waals surface area contributed by atoms with Crippen LogP contribution in [-0.2, 0) is 16.1 Å². The molecule has 2 aromatic rings. The molecule has 2 N–H and O–H groups in total. The maximum absolute atomic E-state index is 12.8. The molecule has 7 heteroatoms. The maximum atomic E-state index is 12.8. The Hall–Kier alpha value is -2.73. The van der Waals surface area contributed by atoms with E-state index in [1.165, 1.54) is 14.2 Å². The number of benzene rings is 2. The van der Waals surface area contributed by atoms with Gasteiger partial charge >= 0.3 is 0 Å². The van der Waals surface area contributed by atoms with Crippen LogP contribution in [0.15, 0.2) is 42.5 Å². The van der Waals surface area contributed by atoms with Gasteiger partial charge in [-0.15, -0.1) is 0 Å². The molecule has 0 radical (unpaired) electrons. The Balaban J connectivity index is 1.69. The number of halogens is 1. The van der Waals surface area contributed by atoms with Crippen LogP contribution in [-0.4, -0.2) is 26.0 Å². The number of ether oxygens (including phenoxy) is 2. The number of amides is 2. The van der Waals surface area contributed by atoms with Gasteiger partial charge in [-0.25, -0.2) is 0 Å². The molecule has 0 unspecified atom stereocenters. The van der Waals surface area contributed by atoms with Crippen molar-refractivity contribution in [2.75, 3.05) is 19.5 Å². The summed E-state index contributed by atoms with van der Waals surface area (Å²) in [5.74, 6) is 0.419. The van der Waals surface area contributed by atoms with E-state index < -0.39 is 5.41 Å². The minimum atomic E-state index is -1.06. The van der Waals surface area contributed by atoms with Gasteiger partial charge in [-0.2, -0.15) is 0 Å². The minimum absolute atomic E-state index is 0.274. The van der Waals surface area contributed by atoms with E-state index in [-0.39, 0.29) is 18.4 Å². The highest BCUT2D eigenvalue weighted by atomic mass is 35.5. The van der Waals surface area contributed by atoms with E-state index in [1.807, 2.05) is 18.2 Å². The van der Waals surface area contributed by atoms with Crippen LogP contribution in [0.2, 0.25) is 5.02 Å². The number of methoxy groups -OCH3 is 2. The molecule has 3 rings (SSSR count). The summed E-state index contributed by atoms with van der Waals surface area (Å²) in [4.78, 5) is 25.4. The van der Waals surface area contributed by atoms with Crippen LogP contribution in [0.5, 0.6) is 11.5 Å². The molecule has 0 aliphatic heterocycles. The fourth-order valence-corrected chi connectivity index (χ4v) is 3.02. The molecular formula is C20H21ClN2O4. The van der Waals surface area contributed by atoms with Crippen molar-refractivity contribution in [2.45, 2.75) is 19.4 Å². The SMILES string of the molecule is COc1ccc(OC)c(NC(=O)C2(C(=O)NCc3ccccc3Cl)CC2)c1. The van der Waals surface area contributed by atoms with Crippen LogP contribution in [0, 0.1) is 5.41 Å². The monoisotopic (exact) mass is 388 g/mol. The molecule has 0 heterocycles. The second-order valence-electron chi connectivity index (χ2n) is 6.38. The molecule has 27 heavy (non-hydrogen) atoms. The molecular weight excluding hydrogens is 368 g/mol. The fourth-order valence-electron chi connectivity index (χ4n) is 2.82. The zero-order valence-electron chi connectivity index (χ0n) is 15.2. The number of rotatable bonds is 7. The molecule has 0 spiro atoms. The van der Waals surface area contributed by atoms with Crippen LogP contribution < -0.4 is 20.1 Å². The van der Waals surface area contributed by atoms with Crippen molar-refractivity contribution in [1.29, 1.82) is 0 Å². The standard InChI is InChI=1S/C20H21ClN2O4/c1-26-14-7-8-17(27-2)16(11-14)23-19(25)20(9-10-20)18(24)22-12-13-5-3-4-6-15(13)21/h3-8,11H,9-10,12H2,1-2H3,(H,22,24)(H,23,25). The van der Waals surface area contributed by atoms with Crippen molar-refractivity contribution in [3.05, 3.63) is 53.1 Å². The lowest BCUT2D eigenvalue weighted by Gasteiger charge is -2.17. The van der Waals surface area contributed by atoms with E-state index in [1.54, 1.807) is 24.3 Å². The highest BCUT2D eigenvalue weighted by Gasteiger charge is 2.56. The first kappa shape index (κ1) is 19.0. The third-order valence-electron chi connectivity index (χ3n) is 4.67. The summed E-state index contributed by atoms with van der Waals surface area (Å²) in [5.41, 5.74) is 0.209. The van der Waals surface area contributed by atoms with Crippen molar-refractivity contribution in [2.24, 2.45) is 5.41 Å². The first-order chi connectivity index (χ1) is 13.0. The van der Waals surface area contributed by atoms with Crippen molar-refractivity contribution in [1.82, 2.24) is 5.32 Å². The zero-order valence-corrected chi connectivity index (χ0v) is 15.9. The summed E-state index contributed by atoms with van der Waals surface area (Å²) in [6, 6.07) is 12.4. The summed E-state index contributed by atoms with van der Waals surface area (Å²) in [7, 11) is 3.05. The van der Waals surface area contributed by atoms with Gasteiger partial charge in [0.05, 0.1) is 19.9 Å². The van der Waals surface area contributed by atoms with Gasteiger partial charge in [0.15, 0.2) is 0 Å². The first-order valence-corrected chi connectivity index (χ1v) is 8.93. The molecule has 0 bridgehead atoms. The molecule has 1 aliphatic rings. The molecule has 0 saturated heterocycles. The molecule has 1 aliphatic carbocycles. The number of nitrogens with one attached hydrogen (secondary N) is 2. The summed E-state index contributed by atoms with van der Waals surface area (Å²) in [5, 5.41) is 6.20. The van der Waals surface area contributed by atoms with Gasteiger partial charge in [-0.05, 0) is 36.6 Å². The number of hydrogen-bond donors (Lipinski definition) is 2. The Kier molecular flexibility index (Phi) is 5.56. The predicted octanol–water partition coefficient (Wildman–Crippen LogP) is 3.39. The number of anilines is 1. The third-order valence-corrected chi connectivity index (χ3v) is 5.04. The van der Waals surface area contributed by atoms with Crippen molar-refractivity contribution < 1.29 is 19.1 Å². The highest BCUT2D eigenvalue weighted by Crippen LogP contribution is 2.47. The van der Waals surface area contributed by atoms with Crippen molar-refractivity contribution in [3.63, 3.8) is 0 Å². The van der Waals surface area contributed by atoms with E-state index in [4.69, 9.17) is 21.1 Å². The van der Waals surface area contributed by atoms with Crippen molar-refractivity contribution >= 4 is 29.1 Å². The summed E-state index contributed by atoms with van der Waals surface area (Å²) in [6.07, 6.45) is 0.999. The van der Waals surface area contributed by atoms with Crippen molar-refractivity contribution in [3.8, 4) is 11.5 Å². The summed E-state index contributed by atoms with van der Waals surface area (Å²) >= 11 is 6.11. The maximum Gasteiger partial charge on any atom is 0.240 e. The molecule has 0 atom stereocenters. The fraction of sp³-hybridized carbons (Fsp3) is 0.300. The van der Waals surface area contributed by atoms with Gasteiger partial charge in [-0.1, -0.05) is 29.8 Å². The van der Waals surface area contributed by atoms with Gasteiger partial charge in [0.1, 0.15) is 16.9 Å². The highest BCUT2D eigenvalue weighted by molar-refractivity contribution is 6.31. The van der Waals surface area contributed by atoms with E-state index in [2.05, 4.69) is 10.6 Å². The molecule has 142 valence electrons. The molecule has 2 aromatic carbocycles. The average molecular weight is 389 g/mol. The third kappa shape index (κ3) is 4.01. The number of carbonyl (C=O) groups excluding carboxylic acids is 2. The summed E-state index contributed by atoms with van der Waals surface area (Å²) < 4.78 is 10.5. The molecule has 6 nitrogen and oxygen atoms in total. The topological polar surface area (TPSA) is 76.7 Å². The molecule has 2 amide bonds. The quantitative estimate of drug-likeness (QED) is 0.713. The largest absolute Gasteiger partial charge is 0.497 e. The lowest BCUT2D eigenvalue weighted by atomic mass is 10.0. The second kappa shape index (κ2) is 7.88. The summed E-state index contributed by atoms with van der Waals surface area (Å²) in [6.45, 7) is 0.274. The Morgan fingerprint density at radius 2 is 1.81 bits per heavy atom. The van der Waals surface area contributed by atoms with Crippen LogP contribution in [0.1, 0.15) is 18.4 Å². The van der Waals surface area contributed by atoms with Crippen LogP contribution in [0.25, 0.3) is 0 Å². The predicted molar refractivity (Wildman–Crippen MR) is 103 cm³/mol. The van der Waals surface area contributed by atoms with E-state index in [0.717, 1.165) is 5.56 Å². The first-order valence-electron chi connectivity index (χ1n) is 8.55. The van der Waals surface area contributed by atoms with Gasteiger partial charge in [0, 0.05) is 17.6 Å². The van der Waals surface area contributed by atoms with E-state index >= 15 is 0 Å². The Morgan fingerprint density at radius 3 is 2.44 bits per heavy atom. The van der Waals surface area contributed by atoms with Crippen LogP contribution >= 0.6 is 11.6 Å². The smallest absolute Gasteiger partial charge is 0.240 e. The Morgan fingerprint density at radius 1 is 1.07 bits per heavy atom. The van der Waals surface area contributed by atoms with E-state index in [0.29, 0.717) is 35.1 Å². The Labute approximate surface area is 162 Å². The average Bonchev–Trinajstić information content (AvgIpc) is 3.49. The van der Waals surface area contributed by atoms with Crippen LogP contribution in [0.4, 0.5) is 5.69 Å². The molecule has 0 aromatic heterocycles. The minimum Gasteiger partial charge on any atom is -0.497 e. The van der Waals surface area contributed by atoms with Crippen LogP contribution in [0.3, 0.4) is 0 Å².